The number of fused-ring (bicyclic) bond motifs is 9. The molecule has 3 aromatic heterocycles. The van der Waals surface area contributed by atoms with Gasteiger partial charge in [-0.05, 0) is 63.5 Å². The van der Waals surface area contributed by atoms with Crippen LogP contribution in [0.5, 0.6) is 0 Å². The molecule has 0 fully saturated rings. The molecule has 4 heteroatoms. The Morgan fingerprint density at radius 2 is 0.892 bits per heavy atom. The maximum atomic E-state index is 5.43. The lowest BCUT2D eigenvalue weighted by Gasteiger charge is -2.16. The van der Waals surface area contributed by atoms with Crippen LogP contribution >= 0.6 is 0 Å². The van der Waals surface area contributed by atoms with Crippen LogP contribution in [-0.4, -0.2) is 19.5 Å². The second kappa shape index (κ2) is 15.0. The number of benzene rings is 10. The molecule has 0 unspecified atom stereocenters. The van der Waals surface area contributed by atoms with Gasteiger partial charge in [0.25, 0.3) is 0 Å². The summed E-state index contributed by atoms with van der Waals surface area (Å²) in [5.74, 6) is 0.705. The maximum Gasteiger partial charge on any atom is 0.160 e. The van der Waals surface area contributed by atoms with Crippen molar-refractivity contribution in [3.8, 4) is 62.0 Å². The van der Waals surface area contributed by atoms with E-state index >= 15 is 0 Å². The molecule has 0 aliphatic carbocycles. The molecule has 0 saturated carbocycles. The van der Waals surface area contributed by atoms with E-state index < -0.39 is 0 Å². The van der Waals surface area contributed by atoms with Gasteiger partial charge in [0.05, 0.1) is 33.6 Å². The van der Waals surface area contributed by atoms with Gasteiger partial charge in [0.1, 0.15) is 0 Å². The molecular formula is C61H38N4. The third-order valence-corrected chi connectivity index (χ3v) is 12.9. The zero-order valence-corrected chi connectivity index (χ0v) is 35.2. The minimum Gasteiger partial charge on any atom is -0.308 e. The molecule has 0 aliphatic rings. The highest BCUT2D eigenvalue weighted by Gasteiger charge is 2.23. The van der Waals surface area contributed by atoms with Crippen molar-refractivity contribution in [1.82, 2.24) is 19.5 Å². The first kappa shape index (κ1) is 36.9. The van der Waals surface area contributed by atoms with Crippen LogP contribution in [0.3, 0.4) is 0 Å². The number of rotatable bonds is 6. The fraction of sp³-hybridized carbons (Fsp3) is 0. The third kappa shape index (κ3) is 6.11. The Kier molecular flexibility index (Phi) is 8.50. The molecule has 0 bridgehead atoms. The van der Waals surface area contributed by atoms with E-state index in [4.69, 9.17) is 15.0 Å². The average Bonchev–Trinajstić information content (AvgIpc) is 3.73. The molecular weight excluding hydrogens is 789 g/mol. The van der Waals surface area contributed by atoms with Gasteiger partial charge in [0, 0.05) is 60.4 Å². The smallest absolute Gasteiger partial charge is 0.160 e. The van der Waals surface area contributed by atoms with Gasteiger partial charge in [-0.3, -0.25) is 0 Å². The first-order valence-electron chi connectivity index (χ1n) is 22.1. The number of hydrogen-bond donors (Lipinski definition) is 0. The molecule has 0 N–H and O–H groups in total. The number of pyridine rings is 1. The van der Waals surface area contributed by atoms with Crippen molar-refractivity contribution in [2.24, 2.45) is 0 Å². The molecule has 0 radical (unpaired) electrons. The zero-order valence-electron chi connectivity index (χ0n) is 35.2. The van der Waals surface area contributed by atoms with Gasteiger partial charge in [0.15, 0.2) is 5.82 Å². The summed E-state index contributed by atoms with van der Waals surface area (Å²) >= 11 is 0. The SMILES string of the molecule is c1ccc(-c2cc(-c3ccc4ccc(-c5cccc6c7ccc8c(-c9cccc%10ccccc9%10)nc9ccccc9c8c7n(-c7ccccc7)c56)cc4c3)nc(-c3ccccc3)n2)cc1. The van der Waals surface area contributed by atoms with Gasteiger partial charge < -0.3 is 4.57 Å². The van der Waals surface area contributed by atoms with Crippen molar-refractivity contribution < 1.29 is 0 Å². The van der Waals surface area contributed by atoms with Gasteiger partial charge in [0.2, 0.25) is 0 Å². The zero-order chi connectivity index (χ0) is 42.8. The lowest BCUT2D eigenvalue weighted by Crippen LogP contribution is -1.97. The Morgan fingerprint density at radius 1 is 0.308 bits per heavy atom. The summed E-state index contributed by atoms with van der Waals surface area (Å²) in [6.45, 7) is 0. The minimum atomic E-state index is 0.705. The van der Waals surface area contributed by atoms with Crippen LogP contribution in [0.2, 0.25) is 0 Å². The number of hydrogen-bond acceptors (Lipinski definition) is 3. The largest absolute Gasteiger partial charge is 0.308 e. The minimum absolute atomic E-state index is 0.705. The molecule has 0 amide bonds. The average molecular weight is 827 g/mol. The first-order chi connectivity index (χ1) is 32.2. The maximum absolute atomic E-state index is 5.43. The Balaban J connectivity index is 1.06. The van der Waals surface area contributed by atoms with Crippen molar-refractivity contribution in [1.29, 1.82) is 0 Å². The molecule has 0 aliphatic heterocycles. The summed E-state index contributed by atoms with van der Waals surface area (Å²) in [6.07, 6.45) is 0. The summed E-state index contributed by atoms with van der Waals surface area (Å²) in [5, 5.41) is 10.6. The Labute approximate surface area is 375 Å². The van der Waals surface area contributed by atoms with Crippen LogP contribution in [0.4, 0.5) is 0 Å². The Hall–Kier alpha value is -8.73. The van der Waals surface area contributed by atoms with Crippen LogP contribution in [0, 0.1) is 0 Å². The van der Waals surface area contributed by atoms with E-state index in [2.05, 4.69) is 211 Å². The molecule has 0 atom stereocenters. The van der Waals surface area contributed by atoms with E-state index in [0.29, 0.717) is 5.82 Å². The molecule has 13 aromatic rings. The van der Waals surface area contributed by atoms with E-state index in [0.717, 1.165) is 77.8 Å². The van der Waals surface area contributed by atoms with Gasteiger partial charge in [-0.1, -0.05) is 194 Å². The van der Waals surface area contributed by atoms with Crippen molar-refractivity contribution in [2.75, 3.05) is 0 Å². The van der Waals surface area contributed by atoms with Gasteiger partial charge in [-0.25, -0.2) is 15.0 Å². The van der Waals surface area contributed by atoms with Crippen LogP contribution in [0.25, 0.3) is 127 Å². The van der Waals surface area contributed by atoms with Crippen LogP contribution in [0.15, 0.2) is 231 Å². The summed E-state index contributed by atoms with van der Waals surface area (Å²) in [6, 6.07) is 82.2. The third-order valence-electron chi connectivity index (χ3n) is 12.9. The predicted molar refractivity (Wildman–Crippen MR) is 271 cm³/mol. The number of para-hydroxylation sites is 3. The summed E-state index contributed by atoms with van der Waals surface area (Å²) in [7, 11) is 0. The second-order valence-electron chi connectivity index (χ2n) is 16.7. The quantitative estimate of drug-likeness (QED) is 0.157. The van der Waals surface area contributed by atoms with Crippen LogP contribution in [-0.2, 0) is 0 Å². The first-order valence-corrected chi connectivity index (χ1v) is 22.1. The standard InChI is InChI=1S/C61H38N4/c1-4-17-41(18-5-1)55-38-56(64-61(63-55)42-19-6-2-7-20-42)44-33-31-39-30-32-43(36-45(39)37-44)48-26-15-28-50-51-34-35-53-57(60(51)65(59(48)50)46-22-8-3-9-23-46)52-25-12-13-29-54(52)62-58(53)49-27-14-21-40-16-10-11-24-47(40)49/h1-38H. The van der Waals surface area contributed by atoms with E-state index in [1.165, 1.54) is 43.4 Å². The summed E-state index contributed by atoms with van der Waals surface area (Å²) in [4.78, 5) is 15.6. The van der Waals surface area contributed by atoms with Crippen molar-refractivity contribution >= 4 is 65.0 Å². The van der Waals surface area contributed by atoms with E-state index in [1.54, 1.807) is 0 Å². The molecule has 302 valence electrons. The topological polar surface area (TPSA) is 43.6 Å². The predicted octanol–water partition coefficient (Wildman–Crippen LogP) is 15.9. The van der Waals surface area contributed by atoms with E-state index in [1.807, 2.05) is 24.3 Å². The van der Waals surface area contributed by atoms with Gasteiger partial charge in [-0.15, -0.1) is 0 Å². The molecule has 13 rings (SSSR count). The second-order valence-corrected chi connectivity index (χ2v) is 16.7. The van der Waals surface area contributed by atoms with Gasteiger partial charge >= 0.3 is 0 Å². The normalized spacial score (nSPS) is 11.7. The summed E-state index contributed by atoms with van der Waals surface area (Å²) < 4.78 is 2.50. The molecule has 3 heterocycles. The van der Waals surface area contributed by atoms with Crippen molar-refractivity contribution in [3.05, 3.63) is 231 Å². The lowest BCUT2D eigenvalue weighted by atomic mass is 9.94. The van der Waals surface area contributed by atoms with Crippen molar-refractivity contribution in [2.45, 2.75) is 0 Å². The lowest BCUT2D eigenvalue weighted by molar-refractivity contribution is 1.18. The van der Waals surface area contributed by atoms with Crippen molar-refractivity contribution in [3.63, 3.8) is 0 Å². The molecule has 0 saturated heterocycles. The van der Waals surface area contributed by atoms with E-state index in [-0.39, 0.29) is 0 Å². The molecule has 10 aromatic carbocycles. The highest BCUT2D eigenvalue weighted by molar-refractivity contribution is 6.28. The Bertz CT molecular complexity index is 3920. The molecule has 65 heavy (non-hydrogen) atoms. The number of aromatic nitrogens is 4. The van der Waals surface area contributed by atoms with Gasteiger partial charge in [-0.2, -0.15) is 0 Å². The Morgan fingerprint density at radius 3 is 1.71 bits per heavy atom. The summed E-state index contributed by atoms with van der Waals surface area (Å²) in [5.41, 5.74) is 13.7. The fourth-order valence-corrected chi connectivity index (χ4v) is 9.93. The van der Waals surface area contributed by atoms with Crippen LogP contribution < -0.4 is 0 Å². The molecule has 0 spiro atoms. The monoisotopic (exact) mass is 826 g/mol. The van der Waals surface area contributed by atoms with E-state index in [9.17, 15) is 0 Å². The fourth-order valence-electron chi connectivity index (χ4n) is 9.93. The number of nitrogens with zero attached hydrogens (tertiary/aromatic N) is 4. The van der Waals surface area contributed by atoms with Crippen LogP contribution in [0.1, 0.15) is 0 Å². The highest BCUT2D eigenvalue weighted by Crippen LogP contribution is 2.45. The molecule has 4 nitrogen and oxygen atoms in total. The highest BCUT2D eigenvalue weighted by atomic mass is 15.0.